The molecule has 0 unspecified atom stereocenters. The number of nitrogens with two attached hydrogens (primary N) is 1. The summed E-state index contributed by atoms with van der Waals surface area (Å²) >= 11 is 7.18. The molecule has 0 bridgehead atoms. The number of aromatic nitrogens is 2. The minimum atomic E-state index is -4.60. The van der Waals surface area contributed by atoms with Crippen LogP contribution in [0.25, 0.3) is 21.5 Å². The molecule has 3 aromatic heterocycles. The smallest absolute Gasteiger partial charge is 0.417 e. The number of piperidine rings is 1. The van der Waals surface area contributed by atoms with Gasteiger partial charge in [-0.25, -0.2) is 4.79 Å². The third kappa shape index (κ3) is 6.40. The fourth-order valence-corrected chi connectivity index (χ4v) is 5.42. The van der Waals surface area contributed by atoms with Crippen LogP contribution in [0.15, 0.2) is 47.0 Å². The first-order valence-corrected chi connectivity index (χ1v) is 13.3. The predicted octanol–water partition coefficient (Wildman–Crippen LogP) is 6.59. The number of rotatable bonds is 5. The molecule has 0 aliphatic carbocycles. The van der Waals surface area contributed by atoms with Crippen LogP contribution in [0.3, 0.4) is 0 Å². The Morgan fingerprint density at radius 2 is 1.95 bits per heavy atom. The van der Waals surface area contributed by atoms with E-state index in [0.717, 1.165) is 17.0 Å². The van der Waals surface area contributed by atoms with Crippen LogP contribution >= 0.6 is 22.9 Å². The molecule has 7 nitrogen and oxygen atoms in total. The standard InChI is InChI=1S/C18H10ClF3N2O3S.C8H18N2/c19-16-5-4-15(28-16)14-6-9(23-27-14)8-24-12-3-1-2-11(18(20,21)22)10(12)7-13(24)17(25)26;1-7(2)10-5-3-8(9)4-6-10/h1-7H,8H2,(H,25,26);7-8H,3-6,9H2,1-2H3. The number of hydrogen-bond acceptors (Lipinski definition) is 6. The first kappa shape index (κ1) is 28.2. The van der Waals surface area contributed by atoms with E-state index in [-0.39, 0.29) is 23.1 Å². The molecule has 1 aliphatic rings. The highest BCUT2D eigenvalue weighted by Crippen LogP contribution is 2.37. The van der Waals surface area contributed by atoms with E-state index in [2.05, 4.69) is 23.9 Å². The summed E-state index contributed by atoms with van der Waals surface area (Å²) in [6.07, 6.45) is -2.24. The summed E-state index contributed by atoms with van der Waals surface area (Å²) in [5.74, 6) is -0.894. The van der Waals surface area contributed by atoms with Gasteiger partial charge >= 0.3 is 12.1 Å². The van der Waals surface area contributed by atoms with Gasteiger partial charge in [-0.2, -0.15) is 13.2 Å². The molecular weight excluding hydrogens is 541 g/mol. The van der Waals surface area contributed by atoms with E-state index in [0.29, 0.717) is 27.9 Å². The van der Waals surface area contributed by atoms with Gasteiger partial charge in [0.15, 0.2) is 5.76 Å². The number of alkyl halides is 3. The van der Waals surface area contributed by atoms with Gasteiger partial charge in [-0.1, -0.05) is 22.8 Å². The van der Waals surface area contributed by atoms with Gasteiger partial charge in [0.25, 0.3) is 0 Å². The van der Waals surface area contributed by atoms with Crippen LogP contribution in [0.4, 0.5) is 13.2 Å². The highest BCUT2D eigenvalue weighted by Gasteiger charge is 2.34. The lowest BCUT2D eigenvalue weighted by atomic mass is 10.1. The number of hydrogen-bond donors (Lipinski definition) is 2. The van der Waals surface area contributed by atoms with E-state index in [1.54, 1.807) is 18.2 Å². The maximum atomic E-state index is 13.3. The van der Waals surface area contributed by atoms with Crippen LogP contribution in [-0.4, -0.2) is 50.9 Å². The Morgan fingerprint density at radius 1 is 1.24 bits per heavy atom. The SMILES string of the molecule is CC(C)N1CCC(N)CC1.O=C(O)c1cc2c(C(F)(F)F)cccc2n1Cc1cc(-c2ccc(Cl)s2)on1. The molecule has 204 valence electrons. The third-order valence-electron chi connectivity index (χ3n) is 6.47. The zero-order valence-electron chi connectivity index (χ0n) is 20.8. The molecule has 4 heterocycles. The highest BCUT2D eigenvalue weighted by molar-refractivity contribution is 7.19. The van der Waals surface area contributed by atoms with Crippen LogP contribution < -0.4 is 5.73 Å². The lowest BCUT2D eigenvalue weighted by molar-refractivity contribution is -0.136. The molecule has 0 radical (unpaired) electrons. The van der Waals surface area contributed by atoms with Gasteiger partial charge in [-0.05, 0) is 70.1 Å². The Kier molecular flexibility index (Phi) is 8.51. The quantitative estimate of drug-likeness (QED) is 0.282. The second-order valence-electron chi connectivity index (χ2n) is 9.41. The van der Waals surface area contributed by atoms with Crippen molar-refractivity contribution in [3.05, 3.63) is 63.8 Å². The number of carboxylic acids is 1. The Labute approximate surface area is 226 Å². The van der Waals surface area contributed by atoms with Crippen molar-refractivity contribution in [2.45, 2.75) is 51.5 Å². The largest absolute Gasteiger partial charge is 0.477 e. The summed E-state index contributed by atoms with van der Waals surface area (Å²) in [5, 5.41) is 13.2. The van der Waals surface area contributed by atoms with E-state index >= 15 is 0 Å². The summed E-state index contributed by atoms with van der Waals surface area (Å²) in [6, 6.07) is 10.9. The van der Waals surface area contributed by atoms with E-state index in [1.807, 2.05) is 0 Å². The zero-order valence-corrected chi connectivity index (χ0v) is 22.4. The maximum absolute atomic E-state index is 13.3. The normalized spacial score (nSPS) is 15.2. The summed E-state index contributed by atoms with van der Waals surface area (Å²) in [7, 11) is 0. The molecule has 38 heavy (non-hydrogen) atoms. The molecule has 1 saturated heterocycles. The number of benzene rings is 1. The summed E-state index contributed by atoms with van der Waals surface area (Å²) in [4.78, 5) is 14.8. The number of nitrogens with zero attached hydrogens (tertiary/aromatic N) is 3. The van der Waals surface area contributed by atoms with Crippen molar-refractivity contribution in [3.63, 3.8) is 0 Å². The number of fused-ring (bicyclic) bond motifs is 1. The van der Waals surface area contributed by atoms with Crippen molar-refractivity contribution in [3.8, 4) is 10.6 Å². The average Bonchev–Trinajstić information content (AvgIpc) is 3.58. The Morgan fingerprint density at radius 3 is 2.53 bits per heavy atom. The van der Waals surface area contributed by atoms with Gasteiger partial charge in [-0.3, -0.25) is 0 Å². The molecule has 12 heteroatoms. The molecule has 0 atom stereocenters. The van der Waals surface area contributed by atoms with Crippen LogP contribution in [0, 0.1) is 0 Å². The number of likely N-dealkylation sites (tertiary alicyclic amines) is 1. The van der Waals surface area contributed by atoms with Crippen LogP contribution in [0.2, 0.25) is 4.34 Å². The first-order chi connectivity index (χ1) is 17.9. The molecule has 5 rings (SSSR count). The molecule has 1 fully saturated rings. The molecule has 4 aromatic rings. The van der Waals surface area contributed by atoms with Gasteiger partial charge in [0.1, 0.15) is 11.4 Å². The van der Waals surface area contributed by atoms with E-state index in [9.17, 15) is 23.1 Å². The van der Waals surface area contributed by atoms with Crippen molar-refractivity contribution in [2.24, 2.45) is 5.73 Å². The fourth-order valence-electron chi connectivity index (χ4n) is 4.43. The van der Waals surface area contributed by atoms with Crippen molar-refractivity contribution < 1.29 is 27.6 Å². The van der Waals surface area contributed by atoms with E-state index < -0.39 is 17.7 Å². The third-order valence-corrected chi connectivity index (χ3v) is 7.72. The summed E-state index contributed by atoms with van der Waals surface area (Å²) < 4.78 is 47.0. The molecule has 0 amide bonds. The van der Waals surface area contributed by atoms with Gasteiger partial charge in [0.05, 0.1) is 21.3 Å². The number of carbonyl (C=O) groups is 1. The number of thiophene rings is 1. The zero-order chi connectivity index (χ0) is 27.6. The Hall–Kier alpha value is -2.86. The van der Waals surface area contributed by atoms with Gasteiger partial charge in [0.2, 0.25) is 0 Å². The molecule has 1 aromatic carbocycles. The monoisotopic (exact) mass is 568 g/mol. The topological polar surface area (TPSA) is 97.5 Å². The van der Waals surface area contributed by atoms with Crippen molar-refractivity contribution >= 4 is 39.8 Å². The van der Waals surface area contributed by atoms with Crippen LogP contribution in [0.5, 0.6) is 0 Å². The van der Waals surface area contributed by atoms with E-state index in [1.165, 1.54) is 54.0 Å². The summed E-state index contributed by atoms with van der Waals surface area (Å²) in [5.41, 5.74) is 5.13. The molecule has 1 aliphatic heterocycles. The summed E-state index contributed by atoms with van der Waals surface area (Å²) in [6.45, 7) is 6.82. The van der Waals surface area contributed by atoms with Crippen LogP contribution in [-0.2, 0) is 12.7 Å². The minimum Gasteiger partial charge on any atom is -0.477 e. The molecule has 0 saturated carbocycles. The molecular formula is C26H28ClF3N4O3S. The predicted molar refractivity (Wildman–Crippen MR) is 142 cm³/mol. The van der Waals surface area contributed by atoms with Crippen molar-refractivity contribution in [1.82, 2.24) is 14.6 Å². The maximum Gasteiger partial charge on any atom is 0.417 e. The Balaban J connectivity index is 0.000000283. The lowest BCUT2D eigenvalue weighted by Gasteiger charge is -2.32. The highest BCUT2D eigenvalue weighted by atomic mass is 35.5. The number of halogens is 4. The van der Waals surface area contributed by atoms with E-state index in [4.69, 9.17) is 21.9 Å². The second-order valence-corrected chi connectivity index (χ2v) is 11.1. The fraction of sp³-hybridized carbons (Fsp3) is 0.385. The molecule has 0 spiro atoms. The Bertz CT molecular complexity index is 1400. The first-order valence-electron chi connectivity index (χ1n) is 12.1. The second kappa shape index (κ2) is 11.5. The number of carboxylic acid groups (broad SMARTS) is 1. The van der Waals surface area contributed by atoms with Gasteiger partial charge in [0, 0.05) is 29.1 Å². The minimum absolute atomic E-state index is 0.0605. The van der Waals surface area contributed by atoms with Gasteiger partial charge in [-0.15, -0.1) is 11.3 Å². The van der Waals surface area contributed by atoms with Crippen molar-refractivity contribution in [2.75, 3.05) is 13.1 Å². The lowest BCUT2D eigenvalue weighted by Crippen LogP contribution is -2.42. The van der Waals surface area contributed by atoms with Gasteiger partial charge < -0.3 is 24.8 Å². The number of aromatic carboxylic acids is 1. The average molecular weight is 569 g/mol. The van der Waals surface area contributed by atoms with Crippen molar-refractivity contribution in [1.29, 1.82) is 0 Å². The molecule has 3 N–H and O–H groups in total. The van der Waals surface area contributed by atoms with Crippen LogP contribution in [0.1, 0.15) is 48.4 Å².